The second kappa shape index (κ2) is 13.6. The molecule has 0 saturated heterocycles. The van der Waals surface area contributed by atoms with Crippen molar-refractivity contribution >= 4 is 56.6 Å². The lowest BCUT2D eigenvalue weighted by Crippen LogP contribution is -2.31. The van der Waals surface area contributed by atoms with Crippen molar-refractivity contribution in [3.8, 4) is 0 Å². The van der Waals surface area contributed by atoms with E-state index in [1.807, 2.05) is 45.0 Å². The highest BCUT2D eigenvalue weighted by atomic mass is 16.5. The number of carbonyl (C=O) groups is 3. The van der Waals surface area contributed by atoms with Gasteiger partial charge in [0, 0.05) is 60.8 Å². The van der Waals surface area contributed by atoms with Crippen LogP contribution in [0.2, 0.25) is 0 Å². The lowest BCUT2D eigenvalue weighted by Gasteiger charge is -2.27. The molecule has 0 spiro atoms. The number of amides is 1. The summed E-state index contributed by atoms with van der Waals surface area (Å²) in [5.74, 6) is -0.588. The van der Waals surface area contributed by atoms with Gasteiger partial charge in [-0.15, -0.1) is 0 Å². The summed E-state index contributed by atoms with van der Waals surface area (Å²) < 4.78 is 9.92. The number of aromatic amines is 2. The van der Waals surface area contributed by atoms with Gasteiger partial charge in [0.25, 0.3) is 0 Å². The molecule has 2 N–H and O–H groups in total. The van der Waals surface area contributed by atoms with Gasteiger partial charge in [0.05, 0.1) is 37.0 Å². The van der Waals surface area contributed by atoms with E-state index in [1.165, 1.54) is 14.2 Å². The number of H-pyrrole nitrogens is 2. The fourth-order valence-electron chi connectivity index (χ4n) is 6.66. The van der Waals surface area contributed by atoms with Crippen LogP contribution >= 0.6 is 0 Å². The second-order valence-corrected chi connectivity index (χ2v) is 13.0. The number of carbonyl (C=O) groups excluding carboxylic acids is 3. The molecule has 3 aromatic rings. The number of allylic oxidation sites excluding steroid dienone is 4. The summed E-state index contributed by atoms with van der Waals surface area (Å²) in [6, 6.07) is 10.2. The van der Waals surface area contributed by atoms with E-state index in [2.05, 4.69) is 36.0 Å². The Balaban J connectivity index is 1.88. The van der Waals surface area contributed by atoms with Crippen molar-refractivity contribution in [1.29, 1.82) is 0 Å². The van der Waals surface area contributed by atoms with Gasteiger partial charge in [-0.05, 0) is 111 Å². The lowest BCUT2D eigenvalue weighted by molar-refractivity contribution is -0.141. The minimum Gasteiger partial charge on any atom is -0.469 e. The van der Waals surface area contributed by atoms with Crippen LogP contribution in [-0.2, 0) is 35.7 Å². The average Bonchev–Trinajstić information content (AvgIpc) is 3.71. The topological polar surface area (TPSA) is 130 Å². The minimum atomic E-state index is -0.696. The summed E-state index contributed by atoms with van der Waals surface area (Å²) in [7, 11) is 6.32. The van der Waals surface area contributed by atoms with E-state index < -0.39 is 5.41 Å². The maximum atomic E-state index is 13.3. The standard InChI is InChI=1S/C38H45N5O5/c1-10-27-33-17-28-21(2)15-24(39-28)16-29-22(3)25(11-13-36(45)47-8)31(40-29)18-32-26(12-14-37(46)48-9)23(4)30(41-32)19-34(42-33)38(27,5)20-35(44)43(6)7/h10,15-19,39,41H,11-14,20H2,1-9H3/b24-16?,27-10+,28-17?,29-16?,30-19?,31-18?,32-18?,33-17?,34-19?/t38-/m1/s1. The maximum Gasteiger partial charge on any atom is 0.305 e. The predicted octanol–water partition coefficient (Wildman–Crippen LogP) is 6.76. The van der Waals surface area contributed by atoms with Crippen LogP contribution in [0.4, 0.5) is 0 Å². The Bertz CT molecular complexity index is 2030. The van der Waals surface area contributed by atoms with Gasteiger partial charge >= 0.3 is 11.9 Å². The van der Waals surface area contributed by atoms with Crippen LogP contribution in [0.3, 0.4) is 0 Å². The van der Waals surface area contributed by atoms with Gasteiger partial charge in [0.2, 0.25) is 5.91 Å². The summed E-state index contributed by atoms with van der Waals surface area (Å²) in [6.07, 6.45) is 3.63. The molecule has 0 aromatic carbocycles. The van der Waals surface area contributed by atoms with Crippen LogP contribution in [0.1, 0.15) is 85.9 Å². The molecule has 0 fully saturated rings. The smallest absolute Gasteiger partial charge is 0.305 e. The molecule has 0 aliphatic carbocycles. The van der Waals surface area contributed by atoms with Crippen molar-refractivity contribution in [3.63, 3.8) is 0 Å². The first-order chi connectivity index (χ1) is 22.8. The quantitative estimate of drug-likeness (QED) is 0.257. The van der Waals surface area contributed by atoms with Gasteiger partial charge < -0.3 is 24.3 Å². The summed E-state index contributed by atoms with van der Waals surface area (Å²) in [5, 5.41) is 0. The molecule has 1 atom stereocenters. The van der Waals surface area contributed by atoms with Crippen molar-refractivity contribution in [3.05, 3.63) is 75.9 Å². The third kappa shape index (κ3) is 6.56. The Hall–Kier alpha value is -4.99. The molecule has 2 aliphatic rings. The number of hydrogen-bond donors (Lipinski definition) is 2. The molecule has 5 rings (SSSR count). The number of aryl methyl sites for hydroxylation is 3. The number of ether oxygens (including phenoxy) is 2. The SMILES string of the molecule is C/C=C1\c2cc3[nH]c(cc4nc(cc5[nH]c(cc(n2)[C@]1(C)CC(=O)N(C)C)c(C)c5CCC(=O)OC)C(CCC(=O)OC)=C4C)cc3C. The largest absolute Gasteiger partial charge is 0.469 e. The minimum absolute atomic E-state index is 0.00160. The molecule has 1 amide bonds. The molecule has 0 unspecified atom stereocenters. The number of aromatic nitrogens is 4. The van der Waals surface area contributed by atoms with Crippen molar-refractivity contribution in [1.82, 2.24) is 24.8 Å². The Labute approximate surface area is 281 Å². The van der Waals surface area contributed by atoms with Gasteiger partial charge in [-0.3, -0.25) is 19.4 Å². The Kier molecular flexibility index (Phi) is 9.75. The average molecular weight is 652 g/mol. The van der Waals surface area contributed by atoms with Gasteiger partial charge in [-0.2, -0.15) is 0 Å². The van der Waals surface area contributed by atoms with Gasteiger partial charge in [-0.1, -0.05) is 6.08 Å². The Morgan fingerprint density at radius 3 is 2.15 bits per heavy atom. The molecule has 252 valence electrons. The molecule has 8 bridgehead atoms. The van der Waals surface area contributed by atoms with Crippen LogP contribution < -0.4 is 0 Å². The van der Waals surface area contributed by atoms with E-state index in [4.69, 9.17) is 19.4 Å². The maximum absolute atomic E-state index is 13.3. The lowest BCUT2D eigenvalue weighted by atomic mass is 9.76. The van der Waals surface area contributed by atoms with E-state index in [9.17, 15) is 14.4 Å². The van der Waals surface area contributed by atoms with E-state index in [-0.39, 0.29) is 37.1 Å². The first-order valence-electron chi connectivity index (χ1n) is 16.2. The molecule has 48 heavy (non-hydrogen) atoms. The Morgan fingerprint density at radius 2 is 1.50 bits per heavy atom. The fourth-order valence-corrected chi connectivity index (χ4v) is 6.66. The van der Waals surface area contributed by atoms with Crippen LogP contribution in [0.25, 0.3) is 38.8 Å². The molecule has 0 radical (unpaired) electrons. The summed E-state index contributed by atoms with van der Waals surface area (Å²) in [4.78, 5) is 56.8. The highest BCUT2D eigenvalue weighted by Gasteiger charge is 2.40. The number of rotatable bonds is 8. The normalized spacial score (nSPS) is 16.7. The molecule has 10 heteroatoms. The zero-order valence-electron chi connectivity index (χ0n) is 29.4. The summed E-state index contributed by atoms with van der Waals surface area (Å²) in [6.45, 7) is 10.2. The summed E-state index contributed by atoms with van der Waals surface area (Å²) >= 11 is 0. The molecular formula is C38H45N5O5. The highest BCUT2D eigenvalue weighted by Crippen LogP contribution is 2.45. The van der Waals surface area contributed by atoms with E-state index in [0.29, 0.717) is 12.8 Å². The molecule has 3 aromatic heterocycles. The van der Waals surface area contributed by atoms with Crippen LogP contribution in [0, 0.1) is 13.8 Å². The van der Waals surface area contributed by atoms with Crippen molar-refractivity contribution in [2.45, 2.75) is 72.1 Å². The van der Waals surface area contributed by atoms with E-state index >= 15 is 0 Å². The number of hydrogen-bond acceptors (Lipinski definition) is 7. The van der Waals surface area contributed by atoms with Crippen molar-refractivity contribution < 1.29 is 23.9 Å². The monoisotopic (exact) mass is 651 g/mol. The molecule has 5 heterocycles. The Morgan fingerprint density at radius 1 is 0.833 bits per heavy atom. The zero-order valence-corrected chi connectivity index (χ0v) is 29.4. The van der Waals surface area contributed by atoms with Gasteiger partial charge in [-0.25, -0.2) is 4.98 Å². The number of fused-ring (bicyclic) bond motifs is 8. The van der Waals surface area contributed by atoms with E-state index in [0.717, 1.165) is 78.3 Å². The fraction of sp³-hybridized carbons (Fsp3) is 0.395. The third-order valence-corrected chi connectivity index (χ3v) is 9.63. The van der Waals surface area contributed by atoms with E-state index in [1.54, 1.807) is 19.0 Å². The number of nitrogens with one attached hydrogen (secondary N) is 2. The number of esters is 2. The molecule has 2 aliphatic heterocycles. The van der Waals surface area contributed by atoms with Crippen LogP contribution in [-0.4, -0.2) is 71.0 Å². The van der Waals surface area contributed by atoms with Gasteiger partial charge in [0.1, 0.15) is 0 Å². The van der Waals surface area contributed by atoms with Crippen molar-refractivity contribution in [2.75, 3.05) is 28.3 Å². The predicted molar refractivity (Wildman–Crippen MR) is 189 cm³/mol. The van der Waals surface area contributed by atoms with Gasteiger partial charge in [0.15, 0.2) is 0 Å². The van der Waals surface area contributed by atoms with Crippen molar-refractivity contribution in [2.24, 2.45) is 0 Å². The number of nitrogens with zero attached hydrogens (tertiary/aromatic N) is 3. The first kappa shape index (κ1) is 34.3. The molecule has 10 nitrogen and oxygen atoms in total. The highest BCUT2D eigenvalue weighted by molar-refractivity contribution is 5.94. The zero-order chi connectivity index (χ0) is 34.9. The summed E-state index contributed by atoms with van der Waals surface area (Å²) in [5.41, 5.74) is 11.7. The first-order valence-corrected chi connectivity index (χ1v) is 16.2. The molecule has 0 saturated carbocycles. The number of methoxy groups -OCH3 is 2. The second-order valence-electron chi connectivity index (χ2n) is 13.0. The van der Waals surface area contributed by atoms with Crippen LogP contribution in [0.15, 0.2) is 36.4 Å². The molecular weight excluding hydrogens is 606 g/mol. The van der Waals surface area contributed by atoms with Crippen LogP contribution in [0.5, 0.6) is 0 Å². The third-order valence-electron chi connectivity index (χ3n) is 9.63.